The van der Waals surface area contributed by atoms with Gasteiger partial charge in [0.2, 0.25) is 0 Å². The molecule has 0 heterocycles. The molecule has 0 aromatic heterocycles. The first-order valence-corrected chi connectivity index (χ1v) is 6.91. The SMILES string of the molecule is CCC(C)(C(C)C)[SH](C)(C)=O. The van der Waals surface area contributed by atoms with Crippen LogP contribution in [-0.4, -0.2) is 21.5 Å². The molecule has 0 amide bonds. The van der Waals surface area contributed by atoms with Gasteiger partial charge in [-0.2, -0.15) is 0 Å². The fourth-order valence-corrected chi connectivity index (χ4v) is 3.42. The molecule has 0 N–H and O–H groups in total. The summed E-state index contributed by atoms with van der Waals surface area (Å²) >= 11 is 0. The van der Waals surface area contributed by atoms with Gasteiger partial charge >= 0.3 is 0 Å². The third-order valence-corrected chi connectivity index (χ3v) is 6.48. The van der Waals surface area contributed by atoms with Crippen LogP contribution in [-0.2, 0) is 9.93 Å². The summed E-state index contributed by atoms with van der Waals surface area (Å²) in [5.41, 5.74) is 0. The molecule has 11 heavy (non-hydrogen) atoms. The second-order valence-electron chi connectivity index (χ2n) is 4.22. The first kappa shape index (κ1) is 11.2. The highest BCUT2D eigenvalue weighted by Crippen LogP contribution is 2.32. The molecule has 0 saturated carbocycles. The summed E-state index contributed by atoms with van der Waals surface area (Å²) in [4.78, 5) is 0. The number of hydrogen-bond donors (Lipinski definition) is 1. The Morgan fingerprint density at radius 2 is 1.73 bits per heavy atom. The van der Waals surface area contributed by atoms with Crippen molar-refractivity contribution < 1.29 is 4.21 Å². The van der Waals surface area contributed by atoms with Crippen molar-refractivity contribution in [3.8, 4) is 0 Å². The second-order valence-corrected chi connectivity index (χ2v) is 7.94. The Balaban J connectivity index is 4.76. The average molecular weight is 178 g/mol. The van der Waals surface area contributed by atoms with Gasteiger partial charge in [-0.3, -0.25) is 4.21 Å². The maximum atomic E-state index is 11.9. The number of rotatable bonds is 3. The van der Waals surface area contributed by atoms with E-state index in [1.807, 2.05) is 12.5 Å². The van der Waals surface area contributed by atoms with Gasteiger partial charge in [0.05, 0.1) is 0 Å². The van der Waals surface area contributed by atoms with Crippen molar-refractivity contribution in [3.05, 3.63) is 0 Å². The lowest BCUT2D eigenvalue weighted by molar-refractivity contribution is 0.434. The summed E-state index contributed by atoms with van der Waals surface area (Å²) in [6, 6.07) is 0. The van der Waals surface area contributed by atoms with Crippen molar-refractivity contribution in [3.63, 3.8) is 0 Å². The summed E-state index contributed by atoms with van der Waals surface area (Å²) in [6.07, 6.45) is 4.81. The van der Waals surface area contributed by atoms with E-state index in [2.05, 4.69) is 27.7 Å². The van der Waals surface area contributed by atoms with Crippen molar-refractivity contribution in [2.45, 2.75) is 38.9 Å². The molecule has 2 heteroatoms. The molecular weight excluding hydrogens is 156 g/mol. The van der Waals surface area contributed by atoms with Gasteiger partial charge in [-0.05, 0) is 31.8 Å². The van der Waals surface area contributed by atoms with E-state index < -0.39 is 9.93 Å². The molecule has 0 aliphatic heterocycles. The highest BCUT2D eigenvalue weighted by atomic mass is 32.2. The summed E-state index contributed by atoms with van der Waals surface area (Å²) in [6.45, 7) is 8.57. The molecule has 0 bridgehead atoms. The van der Waals surface area contributed by atoms with Crippen LogP contribution in [0.3, 0.4) is 0 Å². The van der Waals surface area contributed by atoms with Crippen LogP contribution in [0.15, 0.2) is 0 Å². The predicted octanol–water partition coefficient (Wildman–Crippen LogP) is 2.09. The largest absolute Gasteiger partial charge is 0.285 e. The standard InChI is InChI=1S/C9H22OS/c1-7-9(4,8(2)3)11(5,6)10/h8,11H,7H2,1-6H3. The minimum absolute atomic E-state index is 0.0347. The molecule has 0 radical (unpaired) electrons. The highest BCUT2D eigenvalue weighted by molar-refractivity contribution is 8.03. The Morgan fingerprint density at radius 1 is 1.36 bits per heavy atom. The molecule has 1 nitrogen and oxygen atoms in total. The zero-order chi connectivity index (χ0) is 9.28. The Morgan fingerprint density at radius 3 is 1.73 bits per heavy atom. The van der Waals surface area contributed by atoms with E-state index in [9.17, 15) is 4.21 Å². The van der Waals surface area contributed by atoms with Gasteiger partial charge in [0.1, 0.15) is 0 Å². The Bertz CT molecular complexity index is 168. The molecule has 1 unspecified atom stereocenters. The van der Waals surface area contributed by atoms with E-state index >= 15 is 0 Å². The maximum absolute atomic E-state index is 11.9. The Kier molecular flexibility index (Phi) is 3.30. The predicted molar refractivity (Wildman–Crippen MR) is 54.9 cm³/mol. The lowest BCUT2D eigenvalue weighted by Gasteiger charge is -2.40. The van der Waals surface area contributed by atoms with Crippen molar-refractivity contribution in [1.82, 2.24) is 0 Å². The van der Waals surface area contributed by atoms with Crippen molar-refractivity contribution in [2.75, 3.05) is 12.5 Å². The summed E-state index contributed by atoms with van der Waals surface area (Å²) in [7, 11) is -1.94. The van der Waals surface area contributed by atoms with Gasteiger partial charge in [-0.1, -0.05) is 20.8 Å². The van der Waals surface area contributed by atoms with Crippen LogP contribution in [0.5, 0.6) is 0 Å². The third kappa shape index (κ3) is 2.05. The van der Waals surface area contributed by atoms with Crippen LogP contribution in [0, 0.1) is 5.92 Å². The molecule has 0 saturated heterocycles. The van der Waals surface area contributed by atoms with Crippen LogP contribution >= 0.6 is 0 Å². The second kappa shape index (κ2) is 3.26. The van der Waals surface area contributed by atoms with Crippen molar-refractivity contribution >= 4 is 9.93 Å². The molecule has 70 valence electrons. The molecule has 0 spiro atoms. The van der Waals surface area contributed by atoms with Gasteiger partial charge in [-0.25, -0.2) is 0 Å². The van der Waals surface area contributed by atoms with Gasteiger partial charge < -0.3 is 0 Å². The van der Waals surface area contributed by atoms with E-state index in [0.29, 0.717) is 5.92 Å². The monoisotopic (exact) mass is 178 g/mol. The Labute approximate surface area is 72.0 Å². The molecule has 0 aromatic carbocycles. The minimum Gasteiger partial charge on any atom is -0.285 e. The highest BCUT2D eigenvalue weighted by Gasteiger charge is 2.34. The molecule has 0 fully saturated rings. The third-order valence-electron chi connectivity index (χ3n) is 3.19. The summed E-state index contributed by atoms with van der Waals surface area (Å²) in [5, 5.41) is 0. The normalized spacial score (nSPS) is 19.9. The number of hydrogen-bond acceptors (Lipinski definition) is 1. The van der Waals surface area contributed by atoms with Crippen LogP contribution < -0.4 is 0 Å². The van der Waals surface area contributed by atoms with Gasteiger partial charge in [0.25, 0.3) is 0 Å². The number of thiol groups is 1. The first-order chi connectivity index (χ1) is 4.75. The summed E-state index contributed by atoms with van der Waals surface area (Å²) < 4.78 is 11.9. The van der Waals surface area contributed by atoms with E-state index in [1.165, 1.54) is 0 Å². The zero-order valence-electron chi connectivity index (χ0n) is 8.64. The quantitative estimate of drug-likeness (QED) is 0.655. The van der Waals surface area contributed by atoms with Crippen molar-refractivity contribution in [2.24, 2.45) is 5.92 Å². The van der Waals surface area contributed by atoms with E-state index in [1.54, 1.807) is 0 Å². The van der Waals surface area contributed by atoms with Crippen LogP contribution in [0.1, 0.15) is 34.1 Å². The lowest BCUT2D eigenvalue weighted by atomic mass is 9.94. The van der Waals surface area contributed by atoms with E-state index in [4.69, 9.17) is 0 Å². The van der Waals surface area contributed by atoms with Gasteiger partial charge in [0.15, 0.2) is 0 Å². The maximum Gasteiger partial charge on any atom is 0.0226 e. The van der Waals surface area contributed by atoms with Crippen LogP contribution in [0.25, 0.3) is 0 Å². The lowest BCUT2D eigenvalue weighted by Crippen LogP contribution is -2.43. The fourth-order valence-electron chi connectivity index (χ4n) is 1.41. The van der Waals surface area contributed by atoms with Crippen molar-refractivity contribution in [1.29, 1.82) is 0 Å². The smallest absolute Gasteiger partial charge is 0.0226 e. The molecule has 1 atom stereocenters. The van der Waals surface area contributed by atoms with Crippen LogP contribution in [0.2, 0.25) is 0 Å². The minimum atomic E-state index is -1.94. The van der Waals surface area contributed by atoms with Gasteiger partial charge in [0, 0.05) is 4.75 Å². The zero-order valence-corrected chi connectivity index (χ0v) is 9.53. The topological polar surface area (TPSA) is 17.1 Å². The van der Waals surface area contributed by atoms with Crippen LogP contribution in [0.4, 0.5) is 0 Å². The molecule has 0 aromatic rings. The molecule has 0 aliphatic rings. The Hall–Kier alpha value is 0.150. The summed E-state index contributed by atoms with van der Waals surface area (Å²) in [5.74, 6) is 0.508. The van der Waals surface area contributed by atoms with E-state index in [0.717, 1.165) is 6.42 Å². The van der Waals surface area contributed by atoms with Gasteiger partial charge in [-0.15, -0.1) is 9.93 Å². The fraction of sp³-hybridized carbons (Fsp3) is 1.00. The van der Waals surface area contributed by atoms with E-state index in [-0.39, 0.29) is 4.75 Å². The molecule has 0 rings (SSSR count). The average Bonchev–Trinajstić information content (AvgIpc) is 1.83. The molecule has 0 aliphatic carbocycles. The first-order valence-electron chi connectivity index (χ1n) is 4.30. The molecular formula is C9H22OS.